The van der Waals surface area contributed by atoms with E-state index < -0.39 is 39.7 Å². The highest BCUT2D eigenvalue weighted by atomic mass is 32.2. The van der Waals surface area contributed by atoms with Crippen molar-refractivity contribution in [2.24, 2.45) is 5.92 Å². The van der Waals surface area contributed by atoms with Crippen molar-refractivity contribution in [3.8, 4) is 0 Å². The third-order valence-corrected chi connectivity index (χ3v) is 4.93. The number of ether oxygens (including phenoxy) is 3. The lowest BCUT2D eigenvalue weighted by atomic mass is 10.2. The molecule has 0 aromatic rings. The van der Waals surface area contributed by atoms with E-state index in [1.807, 2.05) is 0 Å². The van der Waals surface area contributed by atoms with Crippen LogP contribution in [0.2, 0.25) is 0 Å². The number of rotatable bonds is 13. The Morgan fingerprint density at radius 1 is 1.23 bits per heavy atom. The second-order valence-corrected chi connectivity index (χ2v) is 8.01. The van der Waals surface area contributed by atoms with E-state index in [0.717, 1.165) is 0 Å². The maximum Gasteiger partial charge on any atom is 0.336 e. The van der Waals surface area contributed by atoms with Gasteiger partial charge in [0.2, 0.25) is 0 Å². The van der Waals surface area contributed by atoms with Gasteiger partial charge in [-0.3, -0.25) is 14.1 Å². The first-order valence-electron chi connectivity index (χ1n) is 7.68. The van der Waals surface area contributed by atoms with Gasteiger partial charge in [-0.2, -0.15) is 20.2 Å². The molecular formula is C15H24O9S2. The fourth-order valence-electron chi connectivity index (χ4n) is 1.48. The lowest BCUT2D eigenvalue weighted by Crippen LogP contribution is -2.19. The van der Waals surface area contributed by atoms with Crippen molar-refractivity contribution < 1.29 is 41.6 Å². The Hall–Kier alpha value is -1.59. The van der Waals surface area contributed by atoms with Crippen LogP contribution in [0.3, 0.4) is 0 Å². The van der Waals surface area contributed by atoms with Crippen molar-refractivity contribution in [2.45, 2.75) is 19.8 Å². The van der Waals surface area contributed by atoms with Gasteiger partial charge in [-0.15, -0.1) is 0 Å². The summed E-state index contributed by atoms with van der Waals surface area (Å²) >= 11 is 1.35. The molecule has 0 bridgehead atoms. The summed E-state index contributed by atoms with van der Waals surface area (Å²) in [5.74, 6) is -1.68. The third kappa shape index (κ3) is 12.7. The highest BCUT2D eigenvalue weighted by Crippen LogP contribution is 2.12. The minimum atomic E-state index is -4.05. The highest BCUT2D eigenvalue weighted by molar-refractivity contribution is 7.99. The van der Waals surface area contributed by atoms with E-state index in [4.69, 9.17) is 14.0 Å². The molecule has 1 atom stereocenters. The molecule has 0 aromatic heterocycles. The Morgan fingerprint density at radius 2 is 1.88 bits per heavy atom. The minimum absolute atomic E-state index is 0.0210. The van der Waals surface area contributed by atoms with E-state index in [-0.39, 0.29) is 31.6 Å². The topological polar surface area (TPSA) is 133 Å². The molecule has 11 heteroatoms. The van der Waals surface area contributed by atoms with Crippen LogP contribution in [0, 0.1) is 5.92 Å². The van der Waals surface area contributed by atoms with E-state index in [0.29, 0.717) is 11.5 Å². The SMILES string of the molecule is C=C(COC(=O)CCSCC(C)C(=O)OCCCS(=O)(=O)O)C(=O)OC. The second kappa shape index (κ2) is 12.7. The van der Waals surface area contributed by atoms with Gasteiger partial charge in [-0.05, 0) is 6.42 Å². The highest BCUT2D eigenvalue weighted by Gasteiger charge is 2.16. The molecule has 26 heavy (non-hydrogen) atoms. The number of carbonyl (C=O) groups is 3. The molecule has 0 aliphatic carbocycles. The van der Waals surface area contributed by atoms with Crippen LogP contribution in [0.4, 0.5) is 0 Å². The van der Waals surface area contributed by atoms with Gasteiger partial charge in [0, 0.05) is 11.5 Å². The molecule has 150 valence electrons. The first-order valence-corrected chi connectivity index (χ1v) is 10.4. The Labute approximate surface area is 157 Å². The Kier molecular flexibility index (Phi) is 11.9. The van der Waals surface area contributed by atoms with Gasteiger partial charge in [-0.1, -0.05) is 13.5 Å². The fourth-order valence-corrected chi connectivity index (χ4v) is 2.93. The number of methoxy groups -OCH3 is 1. The van der Waals surface area contributed by atoms with Crippen LogP contribution in [0.25, 0.3) is 0 Å². The van der Waals surface area contributed by atoms with Crippen molar-refractivity contribution in [3.05, 3.63) is 12.2 Å². The van der Waals surface area contributed by atoms with Gasteiger partial charge in [0.15, 0.2) is 0 Å². The van der Waals surface area contributed by atoms with Crippen LogP contribution in [0.15, 0.2) is 12.2 Å². The van der Waals surface area contributed by atoms with Gasteiger partial charge in [0.05, 0.1) is 37.4 Å². The summed E-state index contributed by atoms with van der Waals surface area (Å²) in [4.78, 5) is 34.2. The molecule has 0 aromatic carbocycles. The molecule has 1 N–H and O–H groups in total. The zero-order chi connectivity index (χ0) is 20.2. The monoisotopic (exact) mass is 412 g/mol. The standard InChI is InChI=1S/C15H24O9S2/c1-11(14(17)22-3)9-24-13(16)5-7-25-10-12(2)15(18)23-6-4-8-26(19,20)21/h12H,1,4-10H2,2-3H3,(H,19,20,21). The maximum atomic E-state index is 11.7. The van der Waals surface area contributed by atoms with E-state index in [1.165, 1.54) is 18.9 Å². The summed E-state index contributed by atoms with van der Waals surface area (Å²) < 4.78 is 43.8. The molecule has 0 fully saturated rings. The van der Waals surface area contributed by atoms with Crippen LogP contribution in [0.5, 0.6) is 0 Å². The molecule has 0 spiro atoms. The molecule has 0 rings (SSSR count). The van der Waals surface area contributed by atoms with Crippen LogP contribution < -0.4 is 0 Å². The predicted molar refractivity (Wildman–Crippen MR) is 95.2 cm³/mol. The zero-order valence-corrected chi connectivity index (χ0v) is 16.4. The molecule has 0 aliphatic rings. The molecule has 0 heterocycles. The Balaban J connectivity index is 3.81. The average molecular weight is 412 g/mol. The lowest BCUT2D eigenvalue weighted by molar-refractivity contribution is -0.147. The van der Waals surface area contributed by atoms with Crippen molar-refractivity contribution in [3.63, 3.8) is 0 Å². The van der Waals surface area contributed by atoms with Crippen molar-refractivity contribution in [2.75, 3.05) is 37.6 Å². The van der Waals surface area contributed by atoms with Gasteiger partial charge >= 0.3 is 17.9 Å². The fraction of sp³-hybridized carbons (Fsp3) is 0.667. The average Bonchev–Trinajstić information content (AvgIpc) is 2.58. The van der Waals surface area contributed by atoms with Gasteiger partial charge in [0.1, 0.15) is 6.61 Å². The minimum Gasteiger partial charge on any atom is -0.466 e. The quantitative estimate of drug-likeness (QED) is 0.152. The maximum absolute atomic E-state index is 11.7. The lowest BCUT2D eigenvalue weighted by Gasteiger charge is -2.11. The molecule has 0 saturated carbocycles. The number of thioether (sulfide) groups is 1. The largest absolute Gasteiger partial charge is 0.466 e. The summed E-state index contributed by atoms with van der Waals surface area (Å²) in [6.45, 7) is 4.75. The van der Waals surface area contributed by atoms with Crippen molar-refractivity contribution in [1.82, 2.24) is 0 Å². The molecule has 0 radical (unpaired) electrons. The van der Waals surface area contributed by atoms with Gasteiger partial charge in [0.25, 0.3) is 10.1 Å². The number of carbonyl (C=O) groups excluding carboxylic acids is 3. The van der Waals surface area contributed by atoms with Crippen LogP contribution >= 0.6 is 11.8 Å². The summed E-state index contributed by atoms with van der Waals surface area (Å²) in [7, 11) is -2.85. The predicted octanol–water partition coefficient (Wildman–Crippen LogP) is 0.839. The van der Waals surface area contributed by atoms with Crippen LogP contribution in [-0.4, -0.2) is 68.5 Å². The number of hydrogen-bond acceptors (Lipinski definition) is 9. The molecule has 1 unspecified atom stereocenters. The molecule has 0 saturated heterocycles. The van der Waals surface area contributed by atoms with Crippen LogP contribution in [-0.2, 0) is 38.7 Å². The van der Waals surface area contributed by atoms with E-state index in [1.54, 1.807) is 6.92 Å². The molecular weight excluding hydrogens is 388 g/mol. The van der Waals surface area contributed by atoms with Crippen molar-refractivity contribution >= 4 is 39.8 Å². The van der Waals surface area contributed by atoms with E-state index in [2.05, 4.69) is 11.3 Å². The normalized spacial score (nSPS) is 12.1. The van der Waals surface area contributed by atoms with E-state index >= 15 is 0 Å². The summed E-state index contributed by atoms with van der Waals surface area (Å²) in [5, 5.41) is 0. The van der Waals surface area contributed by atoms with E-state index in [9.17, 15) is 22.8 Å². The molecule has 9 nitrogen and oxygen atoms in total. The summed E-state index contributed by atoms with van der Waals surface area (Å²) in [5.41, 5.74) is 0.0406. The van der Waals surface area contributed by atoms with Gasteiger partial charge < -0.3 is 14.2 Å². The molecule has 0 aliphatic heterocycles. The Bertz CT molecular complexity index is 598. The first kappa shape index (κ1) is 24.4. The Morgan fingerprint density at radius 3 is 2.46 bits per heavy atom. The first-order chi connectivity index (χ1) is 12.1. The molecule has 0 amide bonds. The summed E-state index contributed by atoms with van der Waals surface area (Å²) in [6.07, 6.45) is 0.127. The zero-order valence-electron chi connectivity index (χ0n) is 14.8. The smallest absolute Gasteiger partial charge is 0.336 e. The summed E-state index contributed by atoms with van der Waals surface area (Å²) in [6, 6.07) is 0. The van der Waals surface area contributed by atoms with Crippen molar-refractivity contribution in [1.29, 1.82) is 0 Å². The van der Waals surface area contributed by atoms with Crippen LogP contribution in [0.1, 0.15) is 19.8 Å². The van der Waals surface area contributed by atoms with Gasteiger partial charge in [-0.25, -0.2) is 4.79 Å². The number of esters is 3. The number of hydrogen-bond donors (Lipinski definition) is 1. The third-order valence-electron chi connectivity index (χ3n) is 2.89. The second-order valence-electron chi connectivity index (χ2n) is 5.29.